The first kappa shape index (κ1) is 26.5. The molecule has 0 unspecified atom stereocenters. The summed E-state index contributed by atoms with van der Waals surface area (Å²) in [7, 11) is 0. The highest BCUT2D eigenvalue weighted by Gasteiger charge is 2.29. The van der Waals surface area contributed by atoms with E-state index in [0.29, 0.717) is 50.1 Å². The third-order valence-electron chi connectivity index (χ3n) is 5.98. The number of aryl methyl sites for hydroxylation is 1. The molecule has 198 valence electrons. The second-order valence-corrected chi connectivity index (χ2v) is 9.67. The molecule has 0 aliphatic carbocycles. The Morgan fingerprint density at radius 1 is 1.14 bits per heavy atom. The Kier molecular flexibility index (Phi) is 8.37. The van der Waals surface area contributed by atoms with E-state index in [4.69, 9.17) is 19.9 Å². The van der Waals surface area contributed by atoms with Gasteiger partial charge in [-0.3, -0.25) is 9.20 Å². The van der Waals surface area contributed by atoms with Crippen molar-refractivity contribution in [2.75, 3.05) is 32.9 Å². The zero-order chi connectivity index (χ0) is 26.4. The summed E-state index contributed by atoms with van der Waals surface area (Å²) < 4.78 is 18.7. The fraction of sp³-hybridized carbons (Fsp3) is 0.462. The smallest absolute Gasteiger partial charge is 0.410 e. The molecule has 0 spiro atoms. The summed E-state index contributed by atoms with van der Waals surface area (Å²) in [4.78, 5) is 27.0. The Hall–Kier alpha value is -3.54. The van der Waals surface area contributed by atoms with Crippen molar-refractivity contribution in [3.63, 3.8) is 0 Å². The molecule has 3 heterocycles. The minimum atomic E-state index is -1.11. The average molecular weight is 511 g/mol. The van der Waals surface area contributed by atoms with Crippen LogP contribution in [0.4, 0.5) is 4.79 Å². The third kappa shape index (κ3) is 6.82. The molecule has 0 radical (unpaired) electrons. The molecule has 0 bridgehead atoms. The second-order valence-electron chi connectivity index (χ2n) is 9.67. The number of aromatic nitrogens is 3. The van der Waals surface area contributed by atoms with Gasteiger partial charge in [-0.1, -0.05) is 35.9 Å². The fourth-order valence-corrected chi connectivity index (χ4v) is 3.96. The molecule has 1 aliphatic heterocycles. The van der Waals surface area contributed by atoms with Crippen molar-refractivity contribution in [3.8, 4) is 0 Å². The number of ether oxygens (including phenoxy) is 3. The largest absolute Gasteiger partial charge is 0.443 e. The van der Waals surface area contributed by atoms with E-state index in [2.05, 4.69) is 15.5 Å². The summed E-state index contributed by atoms with van der Waals surface area (Å²) in [6, 6.07) is 12.8. The maximum atomic E-state index is 12.8. The van der Waals surface area contributed by atoms with Crippen LogP contribution in [0.5, 0.6) is 0 Å². The number of pyridine rings is 1. The number of nitrogens with zero attached hydrogens (tertiary/aromatic N) is 4. The Morgan fingerprint density at radius 2 is 1.89 bits per heavy atom. The van der Waals surface area contributed by atoms with Gasteiger partial charge in [-0.25, -0.2) is 4.79 Å². The van der Waals surface area contributed by atoms with Gasteiger partial charge in [0.15, 0.2) is 11.5 Å². The zero-order valence-electron chi connectivity index (χ0n) is 21.5. The molecule has 3 aromatic rings. The predicted molar refractivity (Wildman–Crippen MR) is 136 cm³/mol. The number of carbonyl (C=O) groups excluding carboxylic acids is 2. The van der Waals surface area contributed by atoms with Crippen molar-refractivity contribution in [1.82, 2.24) is 24.8 Å². The Labute approximate surface area is 215 Å². The summed E-state index contributed by atoms with van der Waals surface area (Å²) in [5, 5.41) is 11.6. The highest BCUT2D eigenvalue weighted by Crippen LogP contribution is 2.19. The van der Waals surface area contributed by atoms with Crippen molar-refractivity contribution in [1.29, 1.82) is 0 Å². The maximum absolute atomic E-state index is 12.8. The molecule has 3 N–H and O–H groups in total. The lowest BCUT2D eigenvalue weighted by Crippen LogP contribution is -2.51. The molecule has 1 aliphatic rings. The summed E-state index contributed by atoms with van der Waals surface area (Å²) in [5.41, 5.74) is 8.31. The zero-order valence-corrected chi connectivity index (χ0v) is 21.5. The highest BCUT2D eigenvalue weighted by atomic mass is 16.6. The molecule has 2 amide bonds. The monoisotopic (exact) mass is 510 g/mol. The van der Waals surface area contributed by atoms with Crippen molar-refractivity contribution in [2.24, 2.45) is 5.73 Å². The van der Waals surface area contributed by atoms with Gasteiger partial charge in [0.1, 0.15) is 12.6 Å². The van der Waals surface area contributed by atoms with Gasteiger partial charge in [0.25, 0.3) is 0 Å². The summed E-state index contributed by atoms with van der Waals surface area (Å²) in [6.07, 6.45) is -0.411. The van der Waals surface area contributed by atoms with E-state index in [1.807, 2.05) is 43.3 Å². The number of nitrogens with one attached hydrogen (secondary N) is 1. The number of rotatable bonds is 9. The third-order valence-corrected chi connectivity index (χ3v) is 5.98. The van der Waals surface area contributed by atoms with Gasteiger partial charge < -0.3 is 30.2 Å². The lowest BCUT2D eigenvalue weighted by molar-refractivity contribution is -0.126. The molecule has 0 saturated carbocycles. The second kappa shape index (κ2) is 11.7. The van der Waals surface area contributed by atoms with Crippen LogP contribution in [0.3, 0.4) is 0 Å². The number of hydrogen-bond acceptors (Lipinski definition) is 8. The quantitative estimate of drug-likeness (QED) is 0.447. The van der Waals surface area contributed by atoms with Crippen LogP contribution in [0.15, 0.2) is 42.5 Å². The Bertz CT molecular complexity index is 1230. The van der Waals surface area contributed by atoms with E-state index >= 15 is 0 Å². The van der Waals surface area contributed by atoms with Crippen LogP contribution in [-0.2, 0) is 32.2 Å². The van der Waals surface area contributed by atoms with E-state index in [-0.39, 0.29) is 19.1 Å². The molecule has 11 nitrogen and oxygen atoms in total. The van der Waals surface area contributed by atoms with Crippen LogP contribution in [0.25, 0.3) is 5.65 Å². The topological polar surface area (TPSA) is 133 Å². The van der Waals surface area contributed by atoms with E-state index < -0.39 is 17.7 Å². The number of nitrogens with two attached hydrogens (primary N) is 1. The van der Waals surface area contributed by atoms with Gasteiger partial charge in [0.2, 0.25) is 5.91 Å². The first-order valence-electron chi connectivity index (χ1n) is 12.3. The van der Waals surface area contributed by atoms with Crippen LogP contribution in [0, 0.1) is 6.92 Å². The predicted octanol–water partition coefficient (Wildman–Crippen LogP) is 2.12. The molecule has 1 fully saturated rings. The van der Waals surface area contributed by atoms with Crippen LogP contribution in [0.1, 0.15) is 42.5 Å². The molecule has 11 heteroatoms. The Balaban J connectivity index is 1.55. The number of amides is 2. The molecule has 1 saturated heterocycles. The summed E-state index contributed by atoms with van der Waals surface area (Å²) >= 11 is 0. The molecule has 2 aromatic heterocycles. The molecular formula is C26H34N6O5. The number of benzene rings is 1. The Morgan fingerprint density at radius 3 is 2.62 bits per heavy atom. The van der Waals surface area contributed by atoms with E-state index in [9.17, 15) is 9.59 Å². The SMILES string of the molecule is Cc1cccc(COC[C@@H](NC(=O)C(C)(C)N)c2nnc3cccc(COC(=O)N4CCOCC4)n23)c1. The molecule has 1 aromatic carbocycles. The van der Waals surface area contributed by atoms with Crippen LogP contribution < -0.4 is 11.1 Å². The maximum Gasteiger partial charge on any atom is 0.410 e. The molecule has 1 atom stereocenters. The van der Waals surface area contributed by atoms with Gasteiger partial charge in [0.05, 0.1) is 37.7 Å². The molecule has 37 heavy (non-hydrogen) atoms. The first-order valence-corrected chi connectivity index (χ1v) is 12.3. The minimum Gasteiger partial charge on any atom is -0.443 e. The summed E-state index contributed by atoms with van der Waals surface area (Å²) in [5.74, 6) is 0.0968. The number of carbonyl (C=O) groups is 2. The average Bonchev–Trinajstić information content (AvgIpc) is 3.31. The van der Waals surface area contributed by atoms with Gasteiger partial charge in [0, 0.05) is 13.1 Å². The van der Waals surface area contributed by atoms with Crippen molar-refractivity contribution < 1.29 is 23.8 Å². The number of fused-ring (bicyclic) bond motifs is 1. The van der Waals surface area contributed by atoms with Crippen LogP contribution >= 0.6 is 0 Å². The standard InChI is InChI=1S/C26H34N6O5/c1-18-6-4-7-19(14-18)15-36-17-21(28-24(33)26(2,3)27)23-30-29-22-9-5-8-20(32(22)23)16-37-25(34)31-10-12-35-13-11-31/h4-9,14,21H,10-13,15-17,27H2,1-3H3,(H,28,33)/t21-/m1/s1. The van der Waals surface area contributed by atoms with E-state index in [1.54, 1.807) is 29.2 Å². The van der Waals surface area contributed by atoms with Crippen LogP contribution in [-0.4, -0.2) is 69.9 Å². The first-order chi connectivity index (χ1) is 17.7. The van der Waals surface area contributed by atoms with Crippen molar-refractivity contribution in [2.45, 2.75) is 45.6 Å². The van der Waals surface area contributed by atoms with Gasteiger partial charge >= 0.3 is 6.09 Å². The van der Waals surface area contributed by atoms with Gasteiger partial charge in [-0.15, -0.1) is 10.2 Å². The normalized spacial score (nSPS) is 15.0. The van der Waals surface area contributed by atoms with Crippen LogP contribution in [0.2, 0.25) is 0 Å². The number of hydrogen-bond donors (Lipinski definition) is 2. The lowest BCUT2D eigenvalue weighted by Gasteiger charge is -2.26. The molecule has 4 rings (SSSR count). The van der Waals surface area contributed by atoms with E-state index in [0.717, 1.165) is 11.1 Å². The summed E-state index contributed by atoms with van der Waals surface area (Å²) in [6.45, 7) is 7.74. The van der Waals surface area contributed by atoms with E-state index in [1.165, 1.54) is 0 Å². The lowest BCUT2D eigenvalue weighted by atomic mass is 10.1. The fourth-order valence-electron chi connectivity index (χ4n) is 3.96. The highest BCUT2D eigenvalue weighted by molar-refractivity contribution is 5.85. The molecular weight excluding hydrogens is 476 g/mol. The van der Waals surface area contributed by atoms with Gasteiger partial charge in [-0.05, 0) is 38.5 Å². The van der Waals surface area contributed by atoms with Crippen molar-refractivity contribution >= 4 is 17.6 Å². The van der Waals surface area contributed by atoms with Gasteiger partial charge in [-0.2, -0.15) is 0 Å². The number of morpholine rings is 1. The van der Waals surface area contributed by atoms with Crippen molar-refractivity contribution in [3.05, 3.63) is 65.1 Å². The minimum absolute atomic E-state index is 0.00572.